The number of fused-ring (bicyclic) bond motifs is 2. The van der Waals surface area contributed by atoms with Crippen LogP contribution in [0.25, 0.3) is 26.9 Å². The van der Waals surface area contributed by atoms with Crippen LogP contribution in [0.5, 0.6) is 0 Å². The van der Waals surface area contributed by atoms with Crippen molar-refractivity contribution in [3.8, 4) is 0 Å². The predicted molar refractivity (Wildman–Crippen MR) is 111 cm³/mol. The highest BCUT2D eigenvalue weighted by molar-refractivity contribution is 7.21. The third-order valence-corrected chi connectivity index (χ3v) is 6.13. The van der Waals surface area contributed by atoms with E-state index < -0.39 is 5.97 Å². The number of carbonyl (C=O) groups is 1. The SMILES string of the molecule is O=C1OC(c2sc3ccccc3c2Cl)=N/C1=C/c1cccc2ccccc12. The van der Waals surface area contributed by atoms with Gasteiger partial charge in [0, 0.05) is 10.1 Å². The van der Waals surface area contributed by atoms with E-state index in [1.807, 2.05) is 66.7 Å². The number of thiophene rings is 1. The maximum Gasteiger partial charge on any atom is 0.363 e. The fourth-order valence-electron chi connectivity index (χ4n) is 3.18. The molecular weight excluding hydrogens is 378 g/mol. The van der Waals surface area contributed by atoms with E-state index in [0.29, 0.717) is 9.90 Å². The van der Waals surface area contributed by atoms with Crippen LogP contribution in [0.1, 0.15) is 10.4 Å². The Morgan fingerprint density at radius 1 is 0.926 bits per heavy atom. The van der Waals surface area contributed by atoms with E-state index >= 15 is 0 Å². The van der Waals surface area contributed by atoms with E-state index in [1.165, 1.54) is 11.3 Å². The Labute approximate surface area is 164 Å². The number of hydrogen-bond acceptors (Lipinski definition) is 4. The van der Waals surface area contributed by atoms with E-state index in [2.05, 4.69) is 4.99 Å². The average Bonchev–Trinajstić information content (AvgIpc) is 3.22. The second-order valence-corrected chi connectivity index (χ2v) is 7.58. The van der Waals surface area contributed by atoms with Crippen molar-refractivity contribution in [1.29, 1.82) is 0 Å². The molecule has 1 aliphatic heterocycles. The van der Waals surface area contributed by atoms with Gasteiger partial charge >= 0.3 is 5.97 Å². The van der Waals surface area contributed by atoms with Gasteiger partial charge in [0.25, 0.3) is 0 Å². The third kappa shape index (κ3) is 2.74. The summed E-state index contributed by atoms with van der Waals surface area (Å²) in [7, 11) is 0. The molecule has 0 aliphatic carbocycles. The number of benzene rings is 3. The number of rotatable bonds is 2. The molecule has 0 fully saturated rings. The fourth-order valence-corrected chi connectivity index (χ4v) is 4.62. The first-order chi connectivity index (χ1) is 13.2. The van der Waals surface area contributed by atoms with E-state index in [0.717, 1.165) is 26.4 Å². The standard InChI is InChI=1S/C22H12ClNO2S/c23-19-16-10-3-4-11-18(16)27-20(19)21-24-17(22(25)26-21)12-14-8-5-7-13-6-1-2-9-15(13)14/h1-12H/b17-12+. The zero-order chi connectivity index (χ0) is 18.4. The van der Waals surface area contributed by atoms with Crippen molar-refractivity contribution in [3.05, 3.63) is 87.9 Å². The molecule has 3 aromatic carbocycles. The van der Waals surface area contributed by atoms with Crippen LogP contribution in [0.3, 0.4) is 0 Å². The molecule has 0 atom stereocenters. The first-order valence-corrected chi connectivity index (χ1v) is 9.58. The minimum atomic E-state index is -0.466. The van der Waals surface area contributed by atoms with E-state index in [9.17, 15) is 4.79 Å². The van der Waals surface area contributed by atoms with E-state index in [1.54, 1.807) is 6.08 Å². The fraction of sp³-hybridized carbons (Fsp3) is 0. The van der Waals surface area contributed by atoms with Crippen molar-refractivity contribution < 1.29 is 9.53 Å². The van der Waals surface area contributed by atoms with Gasteiger partial charge in [0.15, 0.2) is 5.70 Å². The van der Waals surface area contributed by atoms with Crippen LogP contribution in [0.2, 0.25) is 5.02 Å². The summed E-state index contributed by atoms with van der Waals surface area (Å²) in [5, 5.41) is 3.66. The van der Waals surface area contributed by atoms with Gasteiger partial charge in [0.1, 0.15) is 4.88 Å². The number of hydrogen-bond donors (Lipinski definition) is 0. The third-order valence-electron chi connectivity index (χ3n) is 4.47. The summed E-state index contributed by atoms with van der Waals surface area (Å²) in [5.74, 6) is -0.204. The Balaban J connectivity index is 1.61. The number of carbonyl (C=O) groups excluding carboxylic acids is 1. The summed E-state index contributed by atoms with van der Waals surface area (Å²) in [6, 6.07) is 21.8. The van der Waals surface area contributed by atoms with Crippen LogP contribution < -0.4 is 0 Å². The molecule has 5 rings (SSSR count). The zero-order valence-corrected chi connectivity index (χ0v) is 15.6. The van der Waals surface area contributed by atoms with Crippen molar-refractivity contribution in [2.45, 2.75) is 0 Å². The Hall–Kier alpha value is -2.95. The summed E-state index contributed by atoms with van der Waals surface area (Å²) in [4.78, 5) is 17.5. The monoisotopic (exact) mass is 389 g/mol. The van der Waals surface area contributed by atoms with Crippen LogP contribution in [0.4, 0.5) is 0 Å². The first-order valence-electron chi connectivity index (χ1n) is 8.38. The minimum absolute atomic E-state index is 0.262. The molecule has 3 nitrogen and oxygen atoms in total. The molecule has 0 N–H and O–H groups in total. The normalized spacial score (nSPS) is 15.5. The lowest BCUT2D eigenvalue weighted by Gasteiger charge is -2.01. The van der Waals surface area contributed by atoms with Gasteiger partial charge in [-0.15, -0.1) is 11.3 Å². The number of cyclic esters (lactones) is 1. The van der Waals surface area contributed by atoms with Gasteiger partial charge in [-0.2, -0.15) is 0 Å². The first kappa shape index (κ1) is 16.2. The number of ether oxygens (including phenoxy) is 1. The summed E-state index contributed by atoms with van der Waals surface area (Å²) in [6.45, 7) is 0. The quantitative estimate of drug-likeness (QED) is 0.309. The Morgan fingerprint density at radius 3 is 2.52 bits per heavy atom. The number of halogens is 1. The molecule has 1 aromatic heterocycles. The predicted octanol–water partition coefficient (Wildman–Crippen LogP) is 6.05. The molecule has 0 saturated carbocycles. The summed E-state index contributed by atoms with van der Waals surface area (Å²) < 4.78 is 6.45. The molecule has 0 radical (unpaired) electrons. The highest BCUT2D eigenvalue weighted by atomic mass is 35.5. The van der Waals surface area contributed by atoms with Crippen LogP contribution in [-0.2, 0) is 9.53 Å². The van der Waals surface area contributed by atoms with Crippen molar-refractivity contribution in [2.24, 2.45) is 4.99 Å². The minimum Gasteiger partial charge on any atom is -0.401 e. The molecule has 27 heavy (non-hydrogen) atoms. The van der Waals surface area contributed by atoms with Crippen molar-refractivity contribution >= 4 is 61.7 Å². The van der Waals surface area contributed by atoms with Crippen LogP contribution in [-0.4, -0.2) is 11.9 Å². The Bertz CT molecular complexity index is 1280. The molecule has 4 aromatic rings. The van der Waals surface area contributed by atoms with Gasteiger partial charge in [-0.25, -0.2) is 9.79 Å². The van der Waals surface area contributed by atoms with Gasteiger partial charge in [0.05, 0.1) is 5.02 Å². The summed E-state index contributed by atoms with van der Waals surface area (Å²) >= 11 is 7.96. The van der Waals surface area contributed by atoms with Crippen LogP contribution in [0.15, 0.2) is 77.4 Å². The molecule has 0 unspecified atom stereocenters. The highest BCUT2D eigenvalue weighted by Crippen LogP contribution is 2.37. The second-order valence-electron chi connectivity index (χ2n) is 6.15. The van der Waals surface area contributed by atoms with Crippen molar-refractivity contribution in [3.63, 3.8) is 0 Å². The van der Waals surface area contributed by atoms with Gasteiger partial charge < -0.3 is 4.74 Å². The maximum atomic E-state index is 12.4. The molecule has 0 bridgehead atoms. The average molecular weight is 390 g/mol. The van der Waals surface area contributed by atoms with E-state index in [-0.39, 0.29) is 11.6 Å². The number of nitrogens with zero attached hydrogens (tertiary/aromatic N) is 1. The van der Waals surface area contributed by atoms with Crippen molar-refractivity contribution in [2.75, 3.05) is 0 Å². The number of aliphatic imine (C=N–C) groups is 1. The lowest BCUT2D eigenvalue weighted by Crippen LogP contribution is -2.04. The maximum absolute atomic E-state index is 12.4. The second kappa shape index (κ2) is 6.34. The highest BCUT2D eigenvalue weighted by Gasteiger charge is 2.28. The molecule has 0 saturated heterocycles. The van der Waals surface area contributed by atoms with Crippen LogP contribution in [0, 0.1) is 0 Å². The van der Waals surface area contributed by atoms with E-state index in [4.69, 9.17) is 16.3 Å². The molecule has 1 aliphatic rings. The lowest BCUT2D eigenvalue weighted by molar-refractivity contribution is -0.129. The smallest absolute Gasteiger partial charge is 0.363 e. The van der Waals surface area contributed by atoms with Gasteiger partial charge in [0.2, 0.25) is 5.90 Å². The van der Waals surface area contributed by atoms with Crippen LogP contribution >= 0.6 is 22.9 Å². The molecule has 0 spiro atoms. The lowest BCUT2D eigenvalue weighted by atomic mass is 10.0. The largest absolute Gasteiger partial charge is 0.401 e. The number of esters is 1. The van der Waals surface area contributed by atoms with Gasteiger partial charge in [-0.3, -0.25) is 0 Å². The van der Waals surface area contributed by atoms with Gasteiger partial charge in [-0.05, 0) is 28.5 Å². The van der Waals surface area contributed by atoms with Crippen molar-refractivity contribution in [1.82, 2.24) is 0 Å². The zero-order valence-electron chi connectivity index (χ0n) is 14.0. The molecule has 5 heteroatoms. The summed E-state index contributed by atoms with van der Waals surface area (Å²) in [6.07, 6.45) is 1.76. The Kier molecular flexibility index (Phi) is 3.81. The summed E-state index contributed by atoms with van der Waals surface area (Å²) in [5.41, 5.74) is 1.20. The molecule has 0 amide bonds. The Morgan fingerprint density at radius 2 is 1.67 bits per heavy atom. The topological polar surface area (TPSA) is 38.7 Å². The molecular formula is C22H12ClNO2S. The molecule has 2 heterocycles. The van der Waals surface area contributed by atoms with Gasteiger partial charge in [-0.1, -0.05) is 72.3 Å². The molecule has 130 valence electrons.